The molecule has 13 heteroatoms. The summed E-state index contributed by atoms with van der Waals surface area (Å²) >= 11 is 0. The lowest BCUT2D eigenvalue weighted by Crippen LogP contribution is -2.41. The Balaban J connectivity index is 2.43. The zero-order valence-electron chi connectivity index (χ0n) is 17.1. The van der Waals surface area contributed by atoms with E-state index in [1.54, 1.807) is 20.8 Å². The van der Waals surface area contributed by atoms with Crippen LogP contribution in [0.2, 0.25) is 0 Å². The van der Waals surface area contributed by atoms with Gasteiger partial charge in [-0.2, -0.15) is 4.31 Å². The minimum atomic E-state index is -4.49. The van der Waals surface area contributed by atoms with Gasteiger partial charge in [-0.05, 0) is 26.8 Å². The van der Waals surface area contributed by atoms with Gasteiger partial charge in [0, 0.05) is 18.3 Å². The molecule has 0 spiro atoms. The SMILES string of the molecule is CC(C)(C)C(=O)OCCN(Cn1ccc(=O)[nH]c1=O)S(=O)(=O)c1ccccc1[N+](=O)[O-]. The highest BCUT2D eigenvalue weighted by atomic mass is 32.2. The van der Waals surface area contributed by atoms with Crippen LogP contribution in [0.1, 0.15) is 20.8 Å². The molecule has 0 unspecified atom stereocenters. The number of para-hydroxylation sites is 1. The maximum Gasteiger partial charge on any atom is 0.329 e. The monoisotopic (exact) mass is 454 g/mol. The van der Waals surface area contributed by atoms with Crippen molar-refractivity contribution >= 4 is 21.7 Å². The number of aromatic amines is 1. The van der Waals surface area contributed by atoms with Gasteiger partial charge in [-0.3, -0.25) is 29.3 Å². The molecule has 1 N–H and O–H groups in total. The van der Waals surface area contributed by atoms with Gasteiger partial charge in [-0.15, -0.1) is 0 Å². The van der Waals surface area contributed by atoms with E-state index in [0.29, 0.717) is 0 Å². The Morgan fingerprint density at radius 3 is 2.45 bits per heavy atom. The van der Waals surface area contributed by atoms with Crippen LogP contribution in [0.25, 0.3) is 0 Å². The molecule has 0 saturated carbocycles. The van der Waals surface area contributed by atoms with Gasteiger partial charge in [0.2, 0.25) is 0 Å². The molecule has 1 aromatic carbocycles. The number of H-pyrrole nitrogens is 1. The smallest absolute Gasteiger partial charge is 0.329 e. The third kappa shape index (κ3) is 5.86. The second-order valence-electron chi connectivity index (χ2n) is 7.51. The number of sulfonamides is 1. The topological polar surface area (TPSA) is 162 Å². The number of carbonyl (C=O) groups excluding carboxylic acids is 1. The summed E-state index contributed by atoms with van der Waals surface area (Å²) in [5, 5.41) is 11.3. The van der Waals surface area contributed by atoms with E-state index in [1.807, 2.05) is 4.98 Å². The molecule has 0 bridgehead atoms. The number of aromatic nitrogens is 2. The van der Waals surface area contributed by atoms with Crippen LogP contribution in [-0.4, -0.2) is 46.3 Å². The number of esters is 1. The first-order valence-corrected chi connectivity index (χ1v) is 10.5. The highest BCUT2D eigenvalue weighted by Crippen LogP contribution is 2.26. The van der Waals surface area contributed by atoms with Crippen molar-refractivity contribution in [2.24, 2.45) is 5.41 Å². The van der Waals surface area contributed by atoms with Gasteiger partial charge >= 0.3 is 11.7 Å². The van der Waals surface area contributed by atoms with Crippen molar-refractivity contribution in [3.05, 3.63) is 67.5 Å². The molecule has 0 fully saturated rings. The Labute approximate surface area is 177 Å². The molecule has 1 aromatic heterocycles. The molecule has 1 heterocycles. The maximum atomic E-state index is 13.2. The Morgan fingerprint density at radius 1 is 1.23 bits per heavy atom. The summed E-state index contributed by atoms with van der Waals surface area (Å²) in [7, 11) is -4.49. The molecule has 12 nitrogen and oxygen atoms in total. The van der Waals surface area contributed by atoms with Crippen molar-refractivity contribution in [1.29, 1.82) is 0 Å². The average molecular weight is 454 g/mol. The lowest BCUT2D eigenvalue weighted by Gasteiger charge is -2.23. The van der Waals surface area contributed by atoms with Crippen molar-refractivity contribution in [1.82, 2.24) is 13.9 Å². The lowest BCUT2D eigenvalue weighted by atomic mass is 9.97. The molecule has 0 aliphatic heterocycles. The van der Waals surface area contributed by atoms with E-state index in [0.717, 1.165) is 33.3 Å². The van der Waals surface area contributed by atoms with Crippen molar-refractivity contribution in [2.45, 2.75) is 32.3 Å². The van der Waals surface area contributed by atoms with Gasteiger partial charge in [-0.25, -0.2) is 13.2 Å². The zero-order valence-corrected chi connectivity index (χ0v) is 17.9. The van der Waals surface area contributed by atoms with Gasteiger partial charge in [0.15, 0.2) is 4.90 Å². The number of hydrogen-bond acceptors (Lipinski definition) is 8. The summed E-state index contributed by atoms with van der Waals surface area (Å²) in [5.74, 6) is -0.572. The first-order chi connectivity index (χ1) is 14.3. The van der Waals surface area contributed by atoms with E-state index in [4.69, 9.17) is 4.74 Å². The molecule has 0 radical (unpaired) electrons. The third-order valence-corrected chi connectivity index (χ3v) is 5.95. The number of ether oxygens (including phenoxy) is 1. The first kappa shape index (κ1) is 24.0. The summed E-state index contributed by atoms with van der Waals surface area (Å²) in [5.41, 5.74) is -3.01. The van der Waals surface area contributed by atoms with E-state index in [9.17, 15) is 32.9 Å². The maximum absolute atomic E-state index is 13.2. The van der Waals surface area contributed by atoms with Gasteiger partial charge < -0.3 is 4.74 Å². The Hall–Kier alpha value is -3.32. The predicted octanol–water partition coefficient (Wildman–Crippen LogP) is 0.683. The van der Waals surface area contributed by atoms with E-state index < -0.39 is 54.8 Å². The Kier molecular flexibility index (Phi) is 7.13. The van der Waals surface area contributed by atoms with E-state index in [2.05, 4.69) is 0 Å². The van der Waals surface area contributed by atoms with Gasteiger partial charge in [0.05, 0.1) is 23.6 Å². The fraction of sp³-hybridized carbons (Fsp3) is 0.389. The highest BCUT2D eigenvalue weighted by Gasteiger charge is 2.32. The second kappa shape index (κ2) is 9.22. The fourth-order valence-corrected chi connectivity index (χ4v) is 3.94. The minimum absolute atomic E-state index is 0.353. The van der Waals surface area contributed by atoms with E-state index >= 15 is 0 Å². The van der Waals surface area contributed by atoms with Gasteiger partial charge in [0.1, 0.15) is 6.61 Å². The summed E-state index contributed by atoms with van der Waals surface area (Å²) in [6.45, 7) is 3.55. The number of nitrogens with one attached hydrogen (secondary N) is 1. The molecule has 31 heavy (non-hydrogen) atoms. The Morgan fingerprint density at radius 2 is 1.87 bits per heavy atom. The van der Waals surface area contributed by atoms with E-state index in [-0.39, 0.29) is 13.2 Å². The fourth-order valence-electron chi connectivity index (χ4n) is 2.41. The molecule has 2 rings (SSSR count). The van der Waals surface area contributed by atoms with Crippen LogP contribution in [0.5, 0.6) is 0 Å². The largest absolute Gasteiger partial charge is 0.464 e. The zero-order chi connectivity index (χ0) is 23.4. The lowest BCUT2D eigenvalue weighted by molar-refractivity contribution is -0.387. The summed E-state index contributed by atoms with van der Waals surface area (Å²) in [6, 6.07) is 5.77. The highest BCUT2D eigenvalue weighted by molar-refractivity contribution is 7.89. The van der Waals surface area contributed by atoms with Crippen LogP contribution in [0.3, 0.4) is 0 Å². The molecule has 0 aliphatic rings. The number of nitro benzene ring substituents is 1. The predicted molar refractivity (Wildman–Crippen MR) is 109 cm³/mol. The van der Waals surface area contributed by atoms with Crippen molar-refractivity contribution in [2.75, 3.05) is 13.2 Å². The van der Waals surface area contributed by atoms with Crippen LogP contribution in [-0.2, 0) is 26.2 Å². The molecule has 0 saturated heterocycles. The van der Waals surface area contributed by atoms with Crippen molar-refractivity contribution in [3.63, 3.8) is 0 Å². The van der Waals surface area contributed by atoms with Crippen LogP contribution in [0, 0.1) is 15.5 Å². The first-order valence-electron chi connectivity index (χ1n) is 9.04. The second-order valence-corrected chi connectivity index (χ2v) is 9.42. The average Bonchev–Trinajstić information content (AvgIpc) is 2.67. The molecule has 168 valence electrons. The number of hydrogen-bond donors (Lipinski definition) is 1. The number of carbonyl (C=O) groups is 1. The van der Waals surface area contributed by atoms with Crippen molar-refractivity contribution < 1.29 is 22.9 Å². The quantitative estimate of drug-likeness (QED) is 0.346. The number of rotatable bonds is 8. The number of nitro groups is 1. The van der Waals surface area contributed by atoms with Crippen LogP contribution >= 0.6 is 0 Å². The Bertz CT molecular complexity index is 1190. The van der Waals surface area contributed by atoms with E-state index in [1.165, 1.54) is 12.1 Å². The van der Waals surface area contributed by atoms with Gasteiger partial charge in [0.25, 0.3) is 21.3 Å². The molecule has 2 aromatic rings. The normalized spacial score (nSPS) is 12.0. The molecule has 0 atom stereocenters. The minimum Gasteiger partial charge on any atom is -0.464 e. The van der Waals surface area contributed by atoms with Crippen LogP contribution in [0.4, 0.5) is 5.69 Å². The number of nitrogens with zero attached hydrogens (tertiary/aromatic N) is 3. The summed E-state index contributed by atoms with van der Waals surface area (Å²) < 4.78 is 33.2. The third-order valence-electron chi connectivity index (χ3n) is 4.07. The van der Waals surface area contributed by atoms with Crippen molar-refractivity contribution in [3.8, 4) is 0 Å². The standard InChI is InChI=1S/C18H22N4O8S/c1-18(2,3)16(24)30-11-10-21(12-20-9-8-15(23)19-17(20)25)31(28,29)14-7-5-4-6-13(14)22(26)27/h4-9H,10-12H2,1-3H3,(H,19,23,25). The molecule has 0 amide bonds. The number of benzene rings is 1. The van der Waals surface area contributed by atoms with Crippen LogP contribution < -0.4 is 11.2 Å². The molecular formula is C18H22N4O8S. The molecular weight excluding hydrogens is 432 g/mol. The van der Waals surface area contributed by atoms with Gasteiger partial charge in [-0.1, -0.05) is 12.1 Å². The summed E-state index contributed by atoms with van der Waals surface area (Å²) in [4.78, 5) is 47.2. The molecule has 0 aliphatic carbocycles. The summed E-state index contributed by atoms with van der Waals surface area (Å²) in [6.07, 6.45) is 1.09. The van der Waals surface area contributed by atoms with Crippen LogP contribution in [0.15, 0.2) is 51.0 Å².